The Morgan fingerprint density at radius 2 is 2.06 bits per heavy atom. The lowest BCUT2D eigenvalue weighted by molar-refractivity contribution is 0.990. The van der Waals surface area contributed by atoms with E-state index in [1.54, 1.807) is 0 Å². The van der Waals surface area contributed by atoms with Crippen LogP contribution in [0.4, 0.5) is 0 Å². The van der Waals surface area contributed by atoms with Crippen LogP contribution in [-0.4, -0.2) is 11.2 Å². The fraction of sp³-hybridized carbons (Fsp3) is 0.286. The molecule has 0 unspecified atom stereocenters. The van der Waals surface area contributed by atoms with Gasteiger partial charge in [0.15, 0.2) is 0 Å². The number of pyridine rings is 1. The van der Waals surface area contributed by atoms with Gasteiger partial charge in [-0.1, -0.05) is 24.3 Å². The predicted molar refractivity (Wildman–Crippen MR) is 66.7 cm³/mol. The van der Waals surface area contributed by atoms with E-state index in [-0.39, 0.29) is 0 Å². The summed E-state index contributed by atoms with van der Waals surface area (Å²) in [6, 6.07) is 10.4. The molecule has 2 nitrogen and oxygen atoms in total. The van der Waals surface area contributed by atoms with Crippen molar-refractivity contribution in [1.82, 2.24) is 4.98 Å². The van der Waals surface area contributed by atoms with Gasteiger partial charge in [0.2, 0.25) is 0 Å². The van der Waals surface area contributed by atoms with Crippen LogP contribution < -0.4 is 0 Å². The van der Waals surface area contributed by atoms with E-state index in [2.05, 4.69) is 40.5 Å². The number of hydrogen-bond donors (Lipinski definition) is 0. The number of aliphatic imine (C=N–C) groups is 1. The lowest BCUT2D eigenvalue weighted by Crippen LogP contribution is -1.88. The van der Waals surface area contributed by atoms with Crippen molar-refractivity contribution in [1.29, 1.82) is 0 Å². The molecule has 3 rings (SSSR count). The van der Waals surface area contributed by atoms with Crippen molar-refractivity contribution >= 4 is 17.0 Å². The van der Waals surface area contributed by atoms with E-state index in [4.69, 9.17) is 0 Å². The van der Waals surface area contributed by atoms with Gasteiger partial charge in [-0.2, -0.15) is 0 Å². The Labute approximate surface area is 95.0 Å². The summed E-state index contributed by atoms with van der Waals surface area (Å²) in [6.45, 7) is 0.710. The average molecular weight is 210 g/mol. The molecule has 0 bridgehead atoms. The summed E-state index contributed by atoms with van der Waals surface area (Å²) in [6.07, 6.45) is 6.64. The third kappa shape index (κ3) is 2.11. The average Bonchev–Trinajstić information content (AvgIpc) is 3.13. The lowest BCUT2D eigenvalue weighted by Gasteiger charge is -1.99. The molecule has 0 N–H and O–H groups in total. The summed E-state index contributed by atoms with van der Waals surface area (Å²) < 4.78 is 0. The van der Waals surface area contributed by atoms with Crippen molar-refractivity contribution in [3.05, 3.63) is 42.2 Å². The summed E-state index contributed by atoms with van der Waals surface area (Å²) in [5, 5.41) is 2.44. The van der Waals surface area contributed by atoms with E-state index >= 15 is 0 Å². The molecule has 1 heterocycles. The first-order chi connectivity index (χ1) is 7.92. The Morgan fingerprint density at radius 1 is 1.25 bits per heavy atom. The van der Waals surface area contributed by atoms with Gasteiger partial charge in [-0.3, -0.25) is 9.98 Å². The fourth-order valence-corrected chi connectivity index (χ4v) is 1.76. The minimum absolute atomic E-state index is 0.710. The molecule has 16 heavy (non-hydrogen) atoms. The minimum Gasteiger partial charge on any atom is -0.291 e. The standard InChI is InChI=1S/C14H14N2/c1-2-4-13-9-16-14(7-12(13)3-1)10-15-8-11-5-6-11/h1-4,7-9,11H,5-6,10H2. The first kappa shape index (κ1) is 9.52. The monoisotopic (exact) mass is 210 g/mol. The number of nitrogens with zero attached hydrogens (tertiary/aromatic N) is 2. The van der Waals surface area contributed by atoms with Crippen LogP contribution in [0, 0.1) is 5.92 Å². The van der Waals surface area contributed by atoms with Crippen LogP contribution >= 0.6 is 0 Å². The van der Waals surface area contributed by atoms with Crippen LogP contribution in [0.25, 0.3) is 10.8 Å². The van der Waals surface area contributed by atoms with Crippen molar-refractivity contribution in [2.45, 2.75) is 19.4 Å². The Bertz CT molecular complexity index is 527. The van der Waals surface area contributed by atoms with Gasteiger partial charge in [0.25, 0.3) is 0 Å². The summed E-state index contributed by atoms with van der Waals surface area (Å²) in [4.78, 5) is 8.83. The van der Waals surface area contributed by atoms with Crippen LogP contribution in [0.2, 0.25) is 0 Å². The molecule has 1 aromatic carbocycles. The van der Waals surface area contributed by atoms with Crippen LogP contribution in [0.15, 0.2) is 41.5 Å². The second-order valence-corrected chi connectivity index (χ2v) is 4.35. The summed E-state index contributed by atoms with van der Waals surface area (Å²) in [5.41, 5.74) is 1.05. The molecule has 0 spiro atoms. The molecule has 0 aliphatic heterocycles. The Hall–Kier alpha value is -1.70. The topological polar surface area (TPSA) is 25.2 Å². The maximum Gasteiger partial charge on any atom is 0.0808 e. The molecular weight excluding hydrogens is 196 g/mol. The SMILES string of the molecule is C(=NCc1cc2ccccc2cn1)C1CC1. The van der Waals surface area contributed by atoms with Gasteiger partial charge >= 0.3 is 0 Å². The highest BCUT2D eigenvalue weighted by atomic mass is 14.8. The third-order valence-electron chi connectivity index (χ3n) is 2.88. The molecule has 1 saturated carbocycles. The maximum atomic E-state index is 4.42. The van der Waals surface area contributed by atoms with E-state index in [0.717, 1.165) is 11.6 Å². The molecule has 1 fully saturated rings. The fourth-order valence-electron chi connectivity index (χ4n) is 1.76. The highest BCUT2D eigenvalue weighted by Gasteiger charge is 2.17. The van der Waals surface area contributed by atoms with Crippen molar-refractivity contribution in [3.63, 3.8) is 0 Å². The van der Waals surface area contributed by atoms with E-state index in [9.17, 15) is 0 Å². The largest absolute Gasteiger partial charge is 0.291 e. The quantitative estimate of drug-likeness (QED) is 0.714. The Balaban J connectivity index is 1.81. The summed E-state index contributed by atoms with van der Waals surface area (Å²) in [5.74, 6) is 0.750. The Kier molecular flexibility index (Phi) is 2.41. The zero-order chi connectivity index (χ0) is 10.8. The lowest BCUT2D eigenvalue weighted by atomic mass is 10.1. The van der Waals surface area contributed by atoms with Gasteiger partial charge < -0.3 is 0 Å². The highest BCUT2D eigenvalue weighted by molar-refractivity contribution is 5.81. The molecule has 1 aliphatic carbocycles. The number of fused-ring (bicyclic) bond motifs is 1. The normalized spacial score (nSPS) is 16.0. The predicted octanol–water partition coefficient (Wildman–Crippen LogP) is 3.22. The van der Waals surface area contributed by atoms with Gasteiger partial charge in [0.05, 0.1) is 12.2 Å². The molecule has 0 radical (unpaired) electrons. The molecular formula is C14H14N2. The van der Waals surface area contributed by atoms with E-state index < -0.39 is 0 Å². The second-order valence-electron chi connectivity index (χ2n) is 4.35. The highest BCUT2D eigenvalue weighted by Crippen LogP contribution is 2.26. The van der Waals surface area contributed by atoms with Gasteiger partial charge in [0.1, 0.15) is 0 Å². The smallest absolute Gasteiger partial charge is 0.0808 e. The molecule has 0 saturated heterocycles. The van der Waals surface area contributed by atoms with Crippen LogP contribution in [0.5, 0.6) is 0 Å². The first-order valence-electron chi connectivity index (χ1n) is 5.75. The molecule has 80 valence electrons. The van der Waals surface area contributed by atoms with Crippen molar-refractivity contribution < 1.29 is 0 Å². The molecule has 0 amide bonds. The minimum atomic E-state index is 0.710. The van der Waals surface area contributed by atoms with Gasteiger partial charge in [-0.25, -0.2) is 0 Å². The third-order valence-corrected chi connectivity index (χ3v) is 2.88. The van der Waals surface area contributed by atoms with Crippen molar-refractivity contribution in [2.24, 2.45) is 10.9 Å². The number of hydrogen-bond acceptors (Lipinski definition) is 2. The van der Waals surface area contributed by atoms with E-state index in [1.165, 1.54) is 23.6 Å². The van der Waals surface area contributed by atoms with Crippen LogP contribution in [-0.2, 0) is 6.54 Å². The maximum absolute atomic E-state index is 4.42. The van der Waals surface area contributed by atoms with Gasteiger partial charge in [0, 0.05) is 17.8 Å². The van der Waals surface area contributed by atoms with Crippen LogP contribution in [0.1, 0.15) is 18.5 Å². The zero-order valence-corrected chi connectivity index (χ0v) is 9.13. The molecule has 1 aliphatic rings. The molecule has 2 aromatic rings. The number of benzene rings is 1. The van der Waals surface area contributed by atoms with E-state index in [1.807, 2.05) is 12.3 Å². The van der Waals surface area contributed by atoms with E-state index in [0.29, 0.717) is 6.54 Å². The summed E-state index contributed by atoms with van der Waals surface area (Å²) >= 11 is 0. The summed E-state index contributed by atoms with van der Waals surface area (Å²) in [7, 11) is 0. The van der Waals surface area contributed by atoms with Gasteiger partial charge in [-0.15, -0.1) is 0 Å². The number of rotatable bonds is 3. The molecule has 1 aromatic heterocycles. The first-order valence-corrected chi connectivity index (χ1v) is 5.75. The molecule has 2 heteroatoms. The van der Waals surface area contributed by atoms with Crippen LogP contribution in [0.3, 0.4) is 0 Å². The second kappa shape index (κ2) is 4.05. The van der Waals surface area contributed by atoms with Gasteiger partial charge in [-0.05, 0) is 30.2 Å². The van der Waals surface area contributed by atoms with Crippen molar-refractivity contribution in [2.75, 3.05) is 0 Å². The Morgan fingerprint density at radius 3 is 2.88 bits per heavy atom. The number of aromatic nitrogens is 1. The molecule has 0 atom stereocenters. The zero-order valence-electron chi connectivity index (χ0n) is 9.13. The van der Waals surface area contributed by atoms with Crippen molar-refractivity contribution in [3.8, 4) is 0 Å².